The average molecular weight is 281 g/mol. The molecule has 0 aliphatic rings. The predicted octanol–water partition coefficient (Wildman–Crippen LogP) is 6.51. The third-order valence-corrected chi connectivity index (χ3v) is 3.38. The van der Waals surface area contributed by atoms with Gasteiger partial charge in [0.05, 0.1) is 0 Å². The van der Waals surface area contributed by atoms with Gasteiger partial charge in [0.1, 0.15) is 0 Å². The summed E-state index contributed by atoms with van der Waals surface area (Å²) < 4.78 is 0. The lowest BCUT2D eigenvalue weighted by Gasteiger charge is -1.98. The van der Waals surface area contributed by atoms with Crippen LogP contribution in [0.1, 0.15) is 71.1 Å². The number of allylic oxidation sites excluding steroid dienone is 6. The van der Waals surface area contributed by atoms with Gasteiger partial charge in [0.25, 0.3) is 0 Å². The van der Waals surface area contributed by atoms with Crippen LogP contribution in [0.4, 0.5) is 0 Å². The van der Waals surface area contributed by atoms with Gasteiger partial charge in [0.15, 0.2) is 0 Å². The molecule has 0 rings (SSSR count). The Kier molecular flexibility index (Phi) is 17.2. The van der Waals surface area contributed by atoms with Crippen molar-refractivity contribution in [3.8, 4) is 0 Å². The quantitative estimate of drug-likeness (QED) is 0.222. The van der Waals surface area contributed by atoms with Crippen LogP contribution in [0.3, 0.4) is 0 Å². The molecule has 0 saturated heterocycles. The van der Waals surface area contributed by atoms with E-state index in [9.17, 15) is 0 Å². The molecular formula is C18H32S. The van der Waals surface area contributed by atoms with Gasteiger partial charge in [-0.25, -0.2) is 0 Å². The minimum Gasteiger partial charge on any atom is -0.179 e. The van der Waals surface area contributed by atoms with Crippen molar-refractivity contribution in [1.82, 2.24) is 0 Å². The Hall–Kier alpha value is -0.430. The smallest absolute Gasteiger partial charge is 0.00979 e. The van der Waals surface area contributed by atoms with E-state index in [-0.39, 0.29) is 0 Å². The summed E-state index contributed by atoms with van der Waals surface area (Å²) in [6.45, 7) is 2.17. The van der Waals surface area contributed by atoms with Crippen molar-refractivity contribution in [2.75, 3.05) is 5.75 Å². The molecule has 0 aliphatic carbocycles. The first-order valence-electron chi connectivity index (χ1n) is 7.97. The molecule has 0 aromatic rings. The molecule has 0 heterocycles. The van der Waals surface area contributed by atoms with Crippen LogP contribution in [-0.2, 0) is 0 Å². The molecule has 0 bridgehead atoms. The van der Waals surface area contributed by atoms with Crippen molar-refractivity contribution in [2.24, 2.45) is 0 Å². The predicted molar refractivity (Wildman–Crippen MR) is 93.1 cm³/mol. The van der Waals surface area contributed by atoms with E-state index >= 15 is 0 Å². The Balaban J connectivity index is 3.19. The van der Waals surface area contributed by atoms with E-state index in [2.05, 4.69) is 56.0 Å². The molecule has 0 radical (unpaired) electrons. The highest BCUT2D eigenvalue weighted by atomic mass is 32.1. The molecule has 0 saturated carbocycles. The standard InChI is InChI=1S/C18H32S/c1-2-3-4-5-6-7-8-9-10-11-12-13-14-15-16-17-18-19/h3-4,6-7,9-10,19H,2,5,8,11-18H2,1H3/b4-3-,7-6-,10-9-. The summed E-state index contributed by atoms with van der Waals surface area (Å²) in [7, 11) is 0. The zero-order valence-corrected chi connectivity index (χ0v) is 13.6. The lowest BCUT2D eigenvalue weighted by atomic mass is 10.1. The Morgan fingerprint density at radius 2 is 1.16 bits per heavy atom. The molecule has 0 N–H and O–H groups in total. The van der Waals surface area contributed by atoms with Crippen LogP contribution in [0, 0.1) is 0 Å². The van der Waals surface area contributed by atoms with Gasteiger partial charge >= 0.3 is 0 Å². The third-order valence-electron chi connectivity index (χ3n) is 3.06. The van der Waals surface area contributed by atoms with Gasteiger partial charge in [-0.3, -0.25) is 0 Å². The zero-order chi connectivity index (χ0) is 14.0. The summed E-state index contributed by atoms with van der Waals surface area (Å²) in [6, 6.07) is 0. The van der Waals surface area contributed by atoms with Crippen molar-refractivity contribution in [3.63, 3.8) is 0 Å². The maximum absolute atomic E-state index is 4.22. The lowest BCUT2D eigenvalue weighted by molar-refractivity contribution is 0.613. The second-order valence-electron chi connectivity index (χ2n) is 4.93. The molecule has 0 aromatic heterocycles. The van der Waals surface area contributed by atoms with Crippen molar-refractivity contribution in [3.05, 3.63) is 36.5 Å². The first kappa shape index (κ1) is 18.6. The normalized spacial score (nSPS) is 12.3. The fourth-order valence-electron chi connectivity index (χ4n) is 1.91. The van der Waals surface area contributed by atoms with Crippen LogP contribution >= 0.6 is 12.6 Å². The Morgan fingerprint density at radius 3 is 1.79 bits per heavy atom. The topological polar surface area (TPSA) is 0 Å². The van der Waals surface area contributed by atoms with Crippen LogP contribution in [-0.4, -0.2) is 5.75 Å². The highest BCUT2D eigenvalue weighted by Crippen LogP contribution is 2.08. The van der Waals surface area contributed by atoms with Crippen molar-refractivity contribution >= 4 is 12.6 Å². The van der Waals surface area contributed by atoms with Crippen molar-refractivity contribution < 1.29 is 0 Å². The van der Waals surface area contributed by atoms with Gasteiger partial charge in [-0.15, -0.1) is 0 Å². The van der Waals surface area contributed by atoms with Gasteiger partial charge in [-0.1, -0.05) is 69.1 Å². The summed E-state index contributed by atoms with van der Waals surface area (Å²) in [5.74, 6) is 1.05. The van der Waals surface area contributed by atoms with Crippen molar-refractivity contribution in [1.29, 1.82) is 0 Å². The molecule has 19 heavy (non-hydrogen) atoms. The minimum atomic E-state index is 1.05. The number of hydrogen-bond donors (Lipinski definition) is 1. The van der Waals surface area contributed by atoms with Crippen LogP contribution in [0.25, 0.3) is 0 Å². The monoisotopic (exact) mass is 280 g/mol. The minimum absolute atomic E-state index is 1.05. The molecule has 110 valence electrons. The average Bonchev–Trinajstić information content (AvgIpc) is 2.43. The second-order valence-corrected chi connectivity index (χ2v) is 5.37. The molecule has 0 fully saturated rings. The molecule has 0 spiro atoms. The summed E-state index contributed by atoms with van der Waals surface area (Å²) >= 11 is 4.22. The van der Waals surface area contributed by atoms with Gasteiger partial charge in [0, 0.05) is 0 Å². The Labute approximate surface area is 126 Å². The Morgan fingerprint density at radius 1 is 0.632 bits per heavy atom. The molecule has 0 amide bonds. The SMILES string of the molecule is CC/C=C\C/C=C\C/C=C\CCCCCCCCS. The molecule has 0 unspecified atom stereocenters. The third kappa shape index (κ3) is 17.6. The largest absolute Gasteiger partial charge is 0.179 e. The van der Waals surface area contributed by atoms with Crippen LogP contribution in [0.15, 0.2) is 36.5 Å². The summed E-state index contributed by atoms with van der Waals surface area (Å²) in [6.07, 6.45) is 26.3. The van der Waals surface area contributed by atoms with Crippen LogP contribution in [0.2, 0.25) is 0 Å². The van der Waals surface area contributed by atoms with E-state index in [1.807, 2.05) is 0 Å². The Bertz CT molecular complexity index is 238. The molecular weight excluding hydrogens is 248 g/mol. The van der Waals surface area contributed by atoms with E-state index in [4.69, 9.17) is 0 Å². The summed E-state index contributed by atoms with van der Waals surface area (Å²) in [5, 5.41) is 0. The van der Waals surface area contributed by atoms with Crippen LogP contribution in [0.5, 0.6) is 0 Å². The van der Waals surface area contributed by atoms with E-state index in [1.54, 1.807) is 0 Å². The first-order valence-corrected chi connectivity index (χ1v) is 8.61. The van der Waals surface area contributed by atoms with E-state index in [0.717, 1.165) is 25.0 Å². The molecule has 0 aromatic carbocycles. The van der Waals surface area contributed by atoms with E-state index in [0.29, 0.717) is 0 Å². The van der Waals surface area contributed by atoms with E-state index in [1.165, 1.54) is 44.9 Å². The van der Waals surface area contributed by atoms with Gasteiger partial charge in [0.2, 0.25) is 0 Å². The van der Waals surface area contributed by atoms with Crippen molar-refractivity contribution in [2.45, 2.75) is 71.1 Å². The van der Waals surface area contributed by atoms with Gasteiger partial charge in [-0.2, -0.15) is 12.6 Å². The lowest BCUT2D eigenvalue weighted by Crippen LogP contribution is -1.80. The molecule has 1 heteroatoms. The highest BCUT2D eigenvalue weighted by Gasteiger charge is 1.89. The summed E-state index contributed by atoms with van der Waals surface area (Å²) in [5.41, 5.74) is 0. The fourth-order valence-corrected chi connectivity index (χ4v) is 2.13. The van der Waals surface area contributed by atoms with Crippen LogP contribution < -0.4 is 0 Å². The second kappa shape index (κ2) is 17.6. The molecule has 0 aliphatic heterocycles. The number of hydrogen-bond acceptors (Lipinski definition) is 1. The number of rotatable bonds is 13. The molecule has 0 nitrogen and oxygen atoms in total. The maximum atomic E-state index is 4.22. The maximum Gasteiger partial charge on any atom is -0.00979 e. The number of unbranched alkanes of at least 4 members (excludes halogenated alkanes) is 6. The fraction of sp³-hybridized carbons (Fsp3) is 0.667. The van der Waals surface area contributed by atoms with Gasteiger partial charge in [-0.05, 0) is 44.3 Å². The highest BCUT2D eigenvalue weighted by molar-refractivity contribution is 7.80. The molecule has 0 atom stereocenters. The number of thiol groups is 1. The zero-order valence-electron chi connectivity index (χ0n) is 12.7. The van der Waals surface area contributed by atoms with E-state index < -0.39 is 0 Å². The summed E-state index contributed by atoms with van der Waals surface area (Å²) in [4.78, 5) is 0. The first-order chi connectivity index (χ1) is 9.41. The van der Waals surface area contributed by atoms with Gasteiger partial charge < -0.3 is 0 Å².